The van der Waals surface area contributed by atoms with Gasteiger partial charge in [-0.25, -0.2) is 0 Å². The zero-order valence-electron chi connectivity index (χ0n) is 8.26. The lowest BCUT2D eigenvalue weighted by Gasteiger charge is -2.08. The Bertz CT molecular complexity index is 368. The first kappa shape index (κ1) is 11.9. The van der Waals surface area contributed by atoms with Gasteiger partial charge in [0.15, 0.2) is 0 Å². The molecule has 0 saturated heterocycles. The van der Waals surface area contributed by atoms with Crippen LogP contribution >= 0.6 is 11.8 Å². The van der Waals surface area contributed by atoms with Crippen molar-refractivity contribution in [3.05, 3.63) is 24.3 Å². The third-order valence-electron chi connectivity index (χ3n) is 1.65. The predicted octanol–water partition coefficient (Wildman–Crippen LogP) is 3.44. The van der Waals surface area contributed by atoms with Gasteiger partial charge in [0, 0.05) is 10.6 Å². The molecule has 1 N–H and O–H groups in total. The fourth-order valence-corrected chi connectivity index (χ4v) is 1.66. The molecule has 0 radical (unpaired) electrons. The van der Waals surface area contributed by atoms with E-state index in [2.05, 4.69) is 17.2 Å². The van der Waals surface area contributed by atoms with Crippen LogP contribution < -0.4 is 5.32 Å². The molecule has 0 spiro atoms. The summed E-state index contributed by atoms with van der Waals surface area (Å²) < 4.78 is 24.4. The van der Waals surface area contributed by atoms with Crippen molar-refractivity contribution in [2.75, 3.05) is 11.9 Å². The summed E-state index contributed by atoms with van der Waals surface area (Å²) in [7, 11) is 0. The van der Waals surface area contributed by atoms with Crippen LogP contribution in [0.5, 0.6) is 0 Å². The Hall–Kier alpha value is -1.21. The third kappa shape index (κ3) is 4.22. The number of rotatable bonds is 4. The fraction of sp³-hybridized carbons (Fsp3) is 0.273. The van der Waals surface area contributed by atoms with Crippen LogP contribution in [-0.4, -0.2) is 12.3 Å². The quantitative estimate of drug-likeness (QED) is 0.624. The predicted molar refractivity (Wildman–Crippen MR) is 60.2 cm³/mol. The second kappa shape index (κ2) is 6.31. The summed E-state index contributed by atoms with van der Waals surface area (Å²) in [6.45, 7) is 2.21. The van der Waals surface area contributed by atoms with E-state index < -0.39 is 5.76 Å². The number of nitrogens with one attached hydrogen (secondary N) is 1. The number of benzene rings is 1. The van der Waals surface area contributed by atoms with E-state index in [0.717, 1.165) is 0 Å². The van der Waals surface area contributed by atoms with Gasteiger partial charge in [-0.15, -0.1) is 5.92 Å². The monoisotopic (exact) mass is 227 g/mol. The van der Waals surface area contributed by atoms with Crippen LogP contribution in [0.1, 0.15) is 6.92 Å². The Balaban J connectivity index is 2.70. The zero-order chi connectivity index (χ0) is 11.1. The van der Waals surface area contributed by atoms with Crippen molar-refractivity contribution in [3.8, 4) is 11.8 Å². The smallest absolute Gasteiger partial charge is 0.288 e. The van der Waals surface area contributed by atoms with E-state index in [0.29, 0.717) is 28.9 Å². The average molecular weight is 227 g/mol. The Morgan fingerprint density at radius 2 is 2.13 bits per heavy atom. The highest BCUT2D eigenvalue weighted by Crippen LogP contribution is 2.31. The Morgan fingerprint density at radius 1 is 1.40 bits per heavy atom. The highest BCUT2D eigenvalue weighted by atomic mass is 32.2. The molecule has 0 aromatic heterocycles. The molecule has 0 atom stereocenters. The Labute approximate surface area is 92.3 Å². The third-order valence-corrected chi connectivity index (χ3v) is 2.44. The van der Waals surface area contributed by atoms with Crippen LogP contribution in [0.4, 0.5) is 14.5 Å². The minimum absolute atomic E-state index is 0.470. The molecule has 80 valence electrons. The molecule has 1 nitrogen and oxygen atoms in total. The second-order valence-corrected chi connectivity index (χ2v) is 3.69. The zero-order valence-corrected chi connectivity index (χ0v) is 9.07. The first-order chi connectivity index (χ1) is 7.24. The summed E-state index contributed by atoms with van der Waals surface area (Å²) >= 11 is 0.539. The normalized spacial score (nSPS) is 9.60. The van der Waals surface area contributed by atoms with E-state index in [1.54, 1.807) is 31.2 Å². The van der Waals surface area contributed by atoms with Crippen LogP contribution in [0, 0.1) is 11.8 Å². The molecule has 1 aromatic rings. The van der Waals surface area contributed by atoms with Crippen LogP contribution in [0.25, 0.3) is 0 Å². The standard InChI is InChI=1S/C11H11F2NS/c1-2-3-8-14-9-6-4-5-7-10(9)15-11(12)13/h4-7,11,14H,8H2,1H3. The van der Waals surface area contributed by atoms with Crippen LogP contribution in [-0.2, 0) is 0 Å². The molecule has 0 heterocycles. The Kier molecular flexibility index (Phi) is 4.99. The second-order valence-electron chi connectivity index (χ2n) is 2.65. The number of alkyl halides is 2. The van der Waals surface area contributed by atoms with Gasteiger partial charge in [0.05, 0.1) is 6.54 Å². The largest absolute Gasteiger partial charge is 0.373 e. The van der Waals surface area contributed by atoms with E-state index in [4.69, 9.17) is 0 Å². The van der Waals surface area contributed by atoms with Gasteiger partial charge in [-0.2, -0.15) is 8.78 Å². The maximum Gasteiger partial charge on any atom is 0.288 e. The van der Waals surface area contributed by atoms with E-state index in [1.165, 1.54) is 0 Å². The number of thioether (sulfide) groups is 1. The molecule has 0 aliphatic heterocycles. The minimum Gasteiger partial charge on any atom is -0.373 e. The van der Waals surface area contributed by atoms with E-state index in [-0.39, 0.29) is 0 Å². The maximum atomic E-state index is 12.2. The molecule has 4 heteroatoms. The minimum atomic E-state index is -2.40. The van der Waals surface area contributed by atoms with E-state index in [9.17, 15) is 8.78 Å². The van der Waals surface area contributed by atoms with E-state index in [1.807, 2.05) is 0 Å². The van der Waals surface area contributed by atoms with Crippen molar-refractivity contribution in [2.45, 2.75) is 17.6 Å². The van der Waals surface area contributed by atoms with E-state index >= 15 is 0 Å². The van der Waals surface area contributed by atoms with Gasteiger partial charge in [0.2, 0.25) is 0 Å². The maximum absolute atomic E-state index is 12.2. The molecule has 1 rings (SSSR count). The first-order valence-electron chi connectivity index (χ1n) is 4.41. The molecular weight excluding hydrogens is 216 g/mol. The molecule has 0 unspecified atom stereocenters. The molecule has 15 heavy (non-hydrogen) atoms. The highest BCUT2D eigenvalue weighted by molar-refractivity contribution is 7.99. The number of hydrogen-bond acceptors (Lipinski definition) is 2. The average Bonchev–Trinajstić information content (AvgIpc) is 2.20. The summed E-state index contributed by atoms with van der Waals surface area (Å²) in [4.78, 5) is 0.547. The number of hydrogen-bond donors (Lipinski definition) is 1. The SMILES string of the molecule is CC#CCNc1ccccc1SC(F)F. The van der Waals surface area contributed by atoms with Crippen molar-refractivity contribution >= 4 is 17.4 Å². The van der Waals surface area contributed by atoms with Gasteiger partial charge in [0.1, 0.15) is 0 Å². The van der Waals surface area contributed by atoms with Gasteiger partial charge >= 0.3 is 0 Å². The summed E-state index contributed by atoms with van der Waals surface area (Å²) in [5, 5.41) is 2.99. The number of para-hydroxylation sites is 1. The lowest BCUT2D eigenvalue weighted by molar-refractivity contribution is 0.252. The molecule has 0 amide bonds. The Morgan fingerprint density at radius 3 is 2.80 bits per heavy atom. The molecule has 1 aromatic carbocycles. The summed E-state index contributed by atoms with van der Waals surface area (Å²) in [6.07, 6.45) is 0. The van der Waals surface area contributed by atoms with Crippen molar-refractivity contribution in [1.29, 1.82) is 0 Å². The van der Waals surface area contributed by atoms with Crippen molar-refractivity contribution < 1.29 is 8.78 Å². The lowest BCUT2D eigenvalue weighted by Crippen LogP contribution is -2.00. The molecular formula is C11H11F2NS. The highest BCUT2D eigenvalue weighted by Gasteiger charge is 2.08. The van der Waals surface area contributed by atoms with Crippen molar-refractivity contribution in [1.82, 2.24) is 0 Å². The summed E-state index contributed by atoms with van der Waals surface area (Å²) in [5.41, 5.74) is 0.700. The number of halogens is 2. The van der Waals surface area contributed by atoms with Gasteiger partial charge in [-0.05, 0) is 19.1 Å². The van der Waals surface area contributed by atoms with Crippen LogP contribution in [0.2, 0.25) is 0 Å². The molecule has 0 aliphatic rings. The molecule has 0 aliphatic carbocycles. The van der Waals surface area contributed by atoms with Gasteiger partial charge in [-0.1, -0.05) is 29.8 Å². The van der Waals surface area contributed by atoms with Crippen LogP contribution in [0.15, 0.2) is 29.2 Å². The first-order valence-corrected chi connectivity index (χ1v) is 5.29. The van der Waals surface area contributed by atoms with Gasteiger partial charge in [0.25, 0.3) is 5.76 Å². The topological polar surface area (TPSA) is 12.0 Å². The summed E-state index contributed by atoms with van der Waals surface area (Å²) in [5.74, 6) is 3.15. The lowest BCUT2D eigenvalue weighted by atomic mass is 10.3. The number of anilines is 1. The molecule has 0 saturated carbocycles. The van der Waals surface area contributed by atoms with Crippen molar-refractivity contribution in [3.63, 3.8) is 0 Å². The fourth-order valence-electron chi connectivity index (χ4n) is 1.04. The summed E-state index contributed by atoms with van der Waals surface area (Å²) in [6, 6.07) is 6.97. The molecule has 0 fully saturated rings. The van der Waals surface area contributed by atoms with Crippen LogP contribution in [0.3, 0.4) is 0 Å². The molecule has 0 bridgehead atoms. The van der Waals surface area contributed by atoms with Gasteiger partial charge < -0.3 is 5.32 Å². The van der Waals surface area contributed by atoms with Gasteiger partial charge in [-0.3, -0.25) is 0 Å². The van der Waals surface area contributed by atoms with Crippen molar-refractivity contribution in [2.24, 2.45) is 0 Å².